The summed E-state index contributed by atoms with van der Waals surface area (Å²) in [6, 6.07) is 3.76. The maximum Gasteiger partial charge on any atom is 0.220 e. The minimum absolute atomic E-state index is 0.0337. The normalized spacial score (nSPS) is 12.4. The van der Waals surface area contributed by atoms with Gasteiger partial charge in [-0.15, -0.1) is 0 Å². The van der Waals surface area contributed by atoms with E-state index >= 15 is 0 Å². The van der Waals surface area contributed by atoms with Crippen molar-refractivity contribution in [3.05, 3.63) is 23.7 Å². The summed E-state index contributed by atoms with van der Waals surface area (Å²) in [6.45, 7) is 4.94. The van der Waals surface area contributed by atoms with Crippen LogP contribution in [0.15, 0.2) is 16.5 Å². The minimum atomic E-state index is 0.0337. The molecule has 0 aliphatic rings. The molecule has 1 unspecified atom stereocenters. The van der Waals surface area contributed by atoms with Gasteiger partial charge in [0.2, 0.25) is 5.91 Å². The molecule has 3 N–H and O–H groups in total. The maximum absolute atomic E-state index is 11.5. The molecular formula is C12H20N2O2. The number of furan rings is 1. The quantitative estimate of drug-likeness (QED) is 0.770. The predicted molar refractivity (Wildman–Crippen MR) is 62.7 cm³/mol. The highest BCUT2D eigenvalue weighted by Crippen LogP contribution is 2.07. The molecule has 1 amide bonds. The number of amides is 1. The van der Waals surface area contributed by atoms with E-state index in [4.69, 9.17) is 10.2 Å². The monoisotopic (exact) mass is 224 g/mol. The Balaban J connectivity index is 2.30. The van der Waals surface area contributed by atoms with Gasteiger partial charge in [-0.25, -0.2) is 0 Å². The molecule has 4 nitrogen and oxygen atoms in total. The lowest BCUT2D eigenvalue weighted by Gasteiger charge is -2.11. The van der Waals surface area contributed by atoms with E-state index in [1.54, 1.807) is 0 Å². The van der Waals surface area contributed by atoms with Crippen LogP contribution >= 0.6 is 0 Å². The van der Waals surface area contributed by atoms with Crippen LogP contribution in [-0.2, 0) is 11.3 Å². The van der Waals surface area contributed by atoms with Gasteiger partial charge in [-0.05, 0) is 31.5 Å². The molecule has 0 aliphatic carbocycles. The van der Waals surface area contributed by atoms with Crippen molar-refractivity contribution in [2.24, 2.45) is 11.7 Å². The second-order valence-corrected chi connectivity index (χ2v) is 4.00. The van der Waals surface area contributed by atoms with Gasteiger partial charge in [0, 0.05) is 6.42 Å². The molecule has 90 valence electrons. The molecule has 16 heavy (non-hydrogen) atoms. The number of nitrogens with two attached hydrogens (primary N) is 1. The summed E-state index contributed by atoms with van der Waals surface area (Å²) in [4.78, 5) is 11.5. The van der Waals surface area contributed by atoms with Crippen molar-refractivity contribution in [3.63, 3.8) is 0 Å². The highest BCUT2D eigenvalue weighted by atomic mass is 16.3. The van der Waals surface area contributed by atoms with Crippen molar-refractivity contribution in [2.45, 2.75) is 33.2 Å². The Hall–Kier alpha value is -1.29. The molecular weight excluding hydrogens is 204 g/mol. The average molecular weight is 224 g/mol. The van der Waals surface area contributed by atoms with Crippen molar-refractivity contribution >= 4 is 5.91 Å². The number of carbonyl (C=O) groups excluding carboxylic acids is 1. The molecule has 0 aromatic carbocycles. The smallest absolute Gasteiger partial charge is 0.220 e. The molecule has 0 bridgehead atoms. The molecule has 0 saturated carbocycles. The maximum atomic E-state index is 11.5. The third-order valence-corrected chi connectivity index (χ3v) is 2.64. The second kappa shape index (κ2) is 6.33. The highest BCUT2D eigenvalue weighted by molar-refractivity contribution is 5.76. The zero-order valence-electron chi connectivity index (χ0n) is 9.95. The first-order valence-electron chi connectivity index (χ1n) is 5.67. The van der Waals surface area contributed by atoms with Gasteiger partial charge in [0.15, 0.2) is 0 Å². The fraction of sp³-hybridized carbons (Fsp3) is 0.583. The minimum Gasteiger partial charge on any atom is -0.465 e. The summed E-state index contributed by atoms with van der Waals surface area (Å²) in [6.07, 6.45) is 1.43. The van der Waals surface area contributed by atoms with Crippen molar-refractivity contribution in [3.8, 4) is 0 Å². The number of carbonyl (C=O) groups is 1. The first-order valence-corrected chi connectivity index (χ1v) is 5.67. The van der Waals surface area contributed by atoms with Crippen LogP contribution in [-0.4, -0.2) is 12.5 Å². The standard InChI is InChI=1S/C12H20N2O2/c1-3-10(7-13)6-12(15)14-8-11-5-4-9(2)16-11/h4-5,10H,3,6-8,13H2,1-2H3,(H,14,15). The van der Waals surface area contributed by atoms with Crippen molar-refractivity contribution in [1.82, 2.24) is 5.32 Å². The molecule has 0 aliphatic heterocycles. The number of rotatable bonds is 6. The predicted octanol–water partition coefficient (Wildman–Crippen LogP) is 1.58. The number of nitrogens with one attached hydrogen (secondary N) is 1. The number of hydrogen-bond donors (Lipinski definition) is 2. The zero-order valence-corrected chi connectivity index (χ0v) is 9.95. The van der Waals surface area contributed by atoms with Crippen LogP contribution in [0.5, 0.6) is 0 Å². The summed E-state index contributed by atoms with van der Waals surface area (Å²) in [5.74, 6) is 1.95. The van der Waals surface area contributed by atoms with E-state index in [2.05, 4.69) is 5.32 Å². The summed E-state index contributed by atoms with van der Waals surface area (Å²) in [5, 5.41) is 2.82. The van der Waals surface area contributed by atoms with Crippen LogP contribution in [0.2, 0.25) is 0 Å². The molecule has 1 rings (SSSR count). The summed E-state index contributed by atoms with van der Waals surface area (Å²) in [5.41, 5.74) is 5.54. The van der Waals surface area contributed by atoms with Crippen molar-refractivity contribution < 1.29 is 9.21 Å². The topological polar surface area (TPSA) is 68.3 Å². The van der Waals surface area contributed by atoms with Gasteiger partial charge in [0.25, 0.3) is 0 Å². The summed E-state index contributed by atoms with van der Waals surface area (Å²) in [7, 11) is 0. The van der Waals surface area contributed by atoms with Gasteiger partial charge >= 0.3 is 0 Å². The molecule has 1 aromatic rings. The van der Waals surface area contributed by atoms with Crippen molar-refractivity contribution in [2.75, 3.05) is 6.54 Å². The van der Waals surface area contributed by atoms with E-state index < -0.39 is 0 Å². The second-order valence-electron chi connectivity index (χ2n) is 4.00. The molecule has 0 spiro atoms. The largest absolute Gasteiger partial charge is 0.465 e. The van der Waals surface area contributed by atoms with Crippen LogP contribution in [0.1, 0.15) is 31.3 Å². The Morgan fingerprint density at radius 3 is 2.81 bits per heavy atom. The van der Waals surface area contributed by atoms with Crippen LogP contribution in [0.4, 0.5) is 0 Å². The van der Waals surface area contributed by atoms with E-state index in [0.717, 1.165) is 17.9 Å². The molecule has 1 atom stereocenters. The van der Waals surface area contributed by atoms with Crippen LogP contribution in [0.3, 0.4) is 0 Å². The van der Waals surface area contributed by atoms with Crippen LogP contribution in [0, 0.1) is 12.8 Å². The van der Waals surface area contributed by atoms with Crippen LogP contribution in [0.25, 0.3) is 0 Å². The lowest BCUT2D eigenvalue weighted by molar-refractivity contribution is -0.122. The van der Waals surface area contributed by atoms with Gasteiger partial charge in [0.1, 0.15) is 11.5 Å². The number of hydrogen-bond acceptors (Lipinski definition) is 3. The lowest BCUT2D eigenvalue weighted by atomic mass is 10.0. The molecule has 0 saturated heterocycles. The highest BCUT2D eigenvalue weighted by Gasteiger charge is 2.10. The SMILES string of the molecule is CCC(CN)CC(=O)NCc1ccc(C)o1. The van der Waals surface area contributed by atoms with Gasteiger partial charge < -0.3 is 15.5 Å². The van der Waals surface area contributed by atoms with E-state index in [0.29, 0.717) is 19.5 Å². The Kier molecular flexibility index (Phi) is 5.05. The Labute approximate surface area is 96.2 Å². The average Bonchev–Trinajstić information content (AvgIpc) is 2.69. The summed E-state index contributed by atoms with van der Waals surface area (Å²) >= 11 is 0. The van der Waals surface area contributed by atoms with Crippen molar-refractivity contribution in [1.29, 1.82) is 0 Å². The van der Waals surface area contributed by atoms with Gasteiger partial charge in [-0.1, -0.05) is 13.3 Å². The Morgan fingerprint density at radius 2 is 2.31 bits per heavy atom. The van der Waals surface area contributed by atoms with E-state index in [1.807, 2.05) is 26.0 Å². The van der Waals surface area contributed by atoms with Gasteiger partial charge in [0.05, 0.1) is 6.54 Å². The molecule has 1 heterocycles. The third kappa shape index (κ3) is 4.06. The fourth-order valence-electron chi connectivity index (χ4n) is 1.49. The Morgan fingerprint density at radius 1 is 1.56 bits per heavy atom. The lowest BCUT2D eigenvalue weighted by Crippen LogP contribution is -2.27. The van der Waals surface area contributed by atoms with E-state index in [1.165, 1.54) is 0 Å². The first kappa shape index (κ1) is 12.8. The molecule has 1 aromatic heterocycles. The van der Waals surface area contributed by atoms with Gasteiger partial charge in [-0.3, -0.25) is 4.79 Å². The number of aryl methyl sites for hydroxylation is 1. The molecule has 0 radical (unpaired) electrons. The zero-order chi connectivity index (χ0) is 12.0. The summed E-state index contributed by atoms with van der Waals surface area (Å²) < 4.78 is 5.35. The molecule has 4 heteroatoms. The van der Waals surface area contributed by atoms with Crippen LogP contribution < -0.4 is 11.1 Å². The van der Waals surface area contributed by atoms with Gasteiger partial charge in [-0.2, -0.15) is 0 Å². The molecule has 0 fully saturated rings. The van der Waals surface area contributed by atoms with E-state index in [-0.39, 0.29) is 11.8 Å². The Bertz CT molecular complexity index is 330. The first-order chi connectivity index (χ1) is 7.65. The third-order valence-electron chi connectivity index (χ3n) is 2.64. The fourth-order valence-corrected chi connectivity index (χ4v) is 1.49. The van der Waals surface area contributed by atoms with E-state index in [9.17, 15) is 4.79 Å².